The van der Waals surface area contributed by atoms with Crippen LogP contribution in [0.5, 0.6) is 0 Å². The van der Waals surface area contributed by atoms with E-state index in [4.69, 9.17) is 0 Å². The van der Waals surface area contributed by atoms with Crippen LogP contribution in [0.3, 0.4) is 0 Å². The van der Waals surface area contributed by atoms with E-state index in [1.165, 1.54) is 0 Å². The highest BCUT2D eigenvalue weighted by molar-refractivity contribution is 6.21. The molecule has 1 aliphatic carbocycles. The Labute approximate surface area is 100 Å². The van der Waals surface area contributed by atoms with Gasteiger partial charge in [-0.15, -0.1) is 0 Å². The van der Waals surface area contributed by atoms with E-state index in [1.54, 1.807) is 4.90 Å². The van der Waals surface area contributed by atoms with Gasteiger partial charge in [-0.05, 0) is 25.0 Å². The summed E-state index contributed by atoms with van der Waals surface area (Å²) in [5.41, 5.74) is 0.171. The van der Waals surface area contributed by atoms with E-state index in [9.17, 15) is 9.59 Å². The molecule has 0 radical (unpaired) electrons. The molecule has 1 spiro atoms. The molecule has 0 N–H and O–H groups in total. The van der Waals surface area contributed by atoms with E-state index in [0.29, 0.717) is 0 Å². The van der Waals surface area contributed by atoms with Crippen LogP contribution in [0.4, 0.5) is 5.69 Å². The summed E-state index contributed by atoms with van der Waals surface area (Å²) in [7, 11) is 0. The van der Waals surface area contributed by atoms with Crippen LogP contribution >= 0.6 is 0 Å². The van der Waals surface area contributed by atoms with Gasteiger partial charge in [-0.1, -0.05) is 31.0 Å². The third kappa shape index (κ3) is 1.42. The lowest BCUT2D eigenvalue weighted by Crippen LogP contribution is -2.34. The molecule has 3 rings (SSSR count). The van der Waals surface area contributed by atoms with E-state index in [0.717, 1.165) is 31.4 Å². The molecule has 2 fully saturated rings. The fourth-order valence-electron chi connectivity index (χ4n) is 3.03. The Bertz CT molecular complexity index is 460. The summed E-state index contributed by atoms with van der Waals surface area (Å²) in [6.45, 7) is 0.253. The summed E-state index contributed by atoms with van der Waals surface area (Å²) in [4.78, 5) is 26.2. The van der Waals surface area contributed by atoms with Crippen molar-refractivity contribution in [3.05, 3.63) is 30.3 Å². The Kier molecular flexibility index (Phi) is 2.28. The zero-order valence-corrected chi connectivity index (χ0v) is 9.69. The van der Waals surface area contributed by atoms with Crippen LogP contribution in [0.1, 0.15) is 25.7 Å². The molecule has 0 bridgehead atoms. The minimum Gasteiger partial charge on any atom is -0.304 e. The molecular formula is C14H15NO2. The Balaban J connectivity index is 1.96. The first-order valence-corrected chi connectivity index (χ1v) is 6.14. The topological polar surface area (TPSA) is 37.4 Å². The molecule has 0 atom stereocenters. The smallest absolute Gasteiger partial charge is 0.241 e. The average Bonchev–Trinajstić information content (AvgIpc) is 2.94. The van der Waals surface area contributed by atoms with E-state index in [-0.39, 0.29) is 18.2 Å². The van der Waals surface area contributed by atoms with Crippen LogP contribution in [0, 0.1) is 5.41 Å². The van der Waals surface area contributed by atoms with Gasteiger partial charge in [-0.3, -0.25) is 9.59 Å². The quantitative estimate of drug-likeness (QED) is 0.692. The van der Waals surface area contributed by atoms with Crippen molar-refractivity contribution in [1.29, 1.82) is 0 Å². The summed E-state index contributed by atoms with van der Waals surface area (Å²) in [5.74, 6) is 0.134. The standard InChI is InChI=1S/C14H15NO2/c16-12-10-15(11-6-2-1-3-7-11)13(17)14(12)8-4-5-9-14/h1-3,6-7H,4-5,8-10H2. The fraction of sp³-hybridized carbons (Fsp3) is 0.429. The van der Waals surface area contributed by atoms with Gasteiger partial charge in [0.1, 0.15) is 5.41 Å². The number of ketones is 1. The van der Waals surface area contributed by atoms with Gasteiger partial charge < -0.3 is 4.90 Å². The van der Waals surface area contributed by atoms with E-state index >= 15 is 0 Å². The molecule has 1 saturated carbocycles. The third-order valence-electron chi connectivity index (χ3n) is 4.01. The van der Waals surface area contributed by atoms with Crippen LogP contribution in [0.25, 0.3) is 0 Å². The Morgan fingerprint density at radius 2 is 1.65 bits per heavy atom. The van der Waals surface area contributed by atoms with Crippen LogP contribution < -0.4 is 4.90 Å². The largest absolute Gasteiger partial charge is 0.304 e. The first-order chi connectivity index (χ1) is 8.24. The van der Waals surface area contributed by atoms with Gasteiger partial charge in [-0.25, -0.2) is 0 Å². The number of Topliss-reactive ketones (excluding diaryl/α,β-unsaturated/α-hetero) is 1. The normalized spacial score (nSPS) is 22.7. The number of hydrogen-bond acceptors (Lipinski definition) is 2. The molecule has 3 nitrogen and oxygen atoms in total. The van der Waals surface area contributed by atoms with Gasteiger partial charge >= 0.3 is 0 Å². The molecule has 1 saturated heterocycles. The summed E-state index contributed by atoms with van der Waals surface area (Å²) >= 11 is 0. The van der Waals surface area contributed by atoms with Gasteiger partial charge in [0.25, 0.3) is 0 Å². The van der Waals surface area contributed by atoms with E-state index in [1.807, 2.05) is 30.3 Å². The van der Waals surface area contributed by atoms with Crippen molar-refractivity contribution < 1.29 is 9.59 Å². The molecule has 2 aliphatic rings. The molecule has 1 aliphatic heterocycles. The predicted octanol–water partition coefficient (Wildman–Crippen LogP) is 2.16. The SMILES string of the molecule is O=C1CN(c2ccccc2)C(=O)C12CCCC2. The van der Waals surface area contributed by atoms with Gasteiger partial charge in [0.05, 0.1) is 6.54 Å². The molecule has 1 aromatic rings. The number of anilines is 1. The van der Waals surface area contributed by atoms with Crippen molar-refractivity contribution in [2.75, 3.05) is 11.4 Å². The number of carbonyl (C=O) groups excluding carboxylic acids is 2. The van der Waals surface area contributed by atoms with Crippen molar-refractivity contribution in [3.8, 4) is 0 Å². The number of amides is 1. The van der Waals surface area contributed by atoms with Gasteiger partial charge in [0.15, 0.2) is 5.78 Å². The maximum atomic E-state index is 12.4. The van der Waals surface area contributed by atoms with Crippen molar-refractivity contribution >= 4 is 17.4 Å². The van der Waals surface area contributed by atoms with Crippen molar-refractivity contribution in [1.82, 2.24) is 0 Å². The van der Waals surface area contributed by atoms with Crippen LogP contribution in [-0.4, -0.2) is 18.2 Å². The van der Waals surface area contributed by atoms with Gasteiger partial charge in [0, 0.05) is 5.69 Å². The molecule has 17 heavy (non-hydrogen) atoms. The Hall–Kier alpha value is -1.64. The number of benzene rings is 1. The average molecular weight is 229 g/mol. The van der Waals surface area contributed by atoms with Crippen LogP contribution in [0.15, 0.2) is 30.3 Å². The number of rotatable bonds is 1. The minimum atomic E-state index is -0.671. The van der Waals surface area contributed by atoms with Gasteiger partial charge in [0.2, 0.25) is 5.91 Å². The maximum absolute atomic E-state index is 12.4. The van der Waals surface area contributed by atoms with E-state index < -0.39 is 5.41 Å². The molecule has 1 amide bonds. The number of carbonyl (C=O) groups is 2. The van der Waals surface area contributed by atoms with E-state index in [2.05, 4.69) is 0 Å². The van der Waals surface area contributed by atoms with Crippen molar-refractivity contribution in [3.63, 3.8) is 0 Å². The fourth-order valence-corrected chi connectivity index (χ4v) is 3.03. The zero-order valence-electron chi connectivity index (χ0n) is 9.69. The van der Waals surface area contributed by atoms with Crippen molar-refractivity contribution in [2.24, 2.45) is 5.41 Å². The monoisotopic (exact) mass is 229 g/mol. The number of para-hydroxylation sites is 1. The second kappa shape index (κ2) is 3.69. The van der Waals surface area contributed by atoms with Crippen molar-refractivity contribution in [2.45, 2.75) is 25.7 Å². The number of hydrogen-bond donors (Lipinski definition) is 0. The molecule has 1 aromatic carbocycles. The first-order valence-electron chi connectivity index (χ1n) is 6.14. The first kappa shape index (κ1) is 10.5. The minimum absolute atomic E-state index is 0.0196. The van der Waals surface area contributed by atoms with Gasteiger partial charge in [-0.2, -0.15) is 0 Å². The lowest BCUT2D eigenvalue weighted by Gasteiger charge is -2.20. The van der Waals surface area contributed by atoms with Crippen LogP contribution in [0.2, 0.25) is 0 Å². The highest BCUT2D eigenvalue weighted by Gasteiger charge is 2.54. The molecule has 0 aromatic heterocycles. The molecule has 3 heteroatoms. The summed E-state index contributed by atoms with van der Waals surface area (Å²) in [5, 5.41) is 0. The number of nitrogens with zero attached hydrogens (tertiary/aromatic N) is 1. The predicted molar refractivity (Wildman–Crippen MR) is 64.7 cm³/mol. The van der Waals surface area contributed by atoms with Crippen LogP contribution in [-0.2, 0) is 9.59 Å². The Morgan fingerprint density at radius 1 is 1.00 bits per heavy atom. The second-order valence-corrected chi connectivity index (χ2v) is 4.94. The summed E-state index contributed by atoms with van der Waals surface area (Å²) < 4.78 is 0. The zero-order chi connectivity index (χ0) is 11.9. The third-order valence-corrected chi connectivity index (χ3v) is 4.01. The molecule has 1 heterocycles. The molecular weight excluding hydrogens is 214 g/mol. The summed E-state index contributed by atoms with van der Waals surface area (Å²) in [6, 6.07) is 9.48. The highest BCUT2D eigenvalue weighted by Crippen LogP contribution is 2.45. The lowest BCUT2D eigenvalue weighted by molar-refractivity contribution is -0.134. The Morgan fingerprint density at radius 3 is 2.29 bits per heavy atom. The maximum Gasteiger partial charge on any atom is 0.241 e. The summed E-state index contributed by atoms with van der Waals surface area (Å²) in [6.07, 6.45) is 3.49. The lowest BCUT2D eigenvalue weighted by atomic mass is 9.83. The molecule has 0 unspecified atom stereocenters. The second-order valence-electron chi connectivity index (χ2n) is 4.94. The highest BCUT2D eigenvalue weighted by atomic mass is 16.2. The molecule has 88 valence electrons.